The van der Waals surface area contributed by atoms with Crippen LogP contribution in [0.3, 0.4) is 0 Å². The van der Waals surface area contributed by atoms with E-state index in [2.05, 4.69) is 4.36 Å². The summed E-state index contributed by atoms with van der Waals surface area (Å²) in [4.78, 5) is 11.8. The van der Waals surface area contributed by atoms with Crippen molar-refractivity contribution in [3.63, 3.8) is 0 Å². The number of halogens is 4. The zero-order valence-corrected chi connectivity index (χ0v) is 14.4. The lowest BCUT2D eigenvalue weighted by atomic mass is 10.1. The molecule has 27 heavy (non-hydrogen) atoms. The van der Waals surface area contributed by atoms with Crippen molar-refractivity contribution in [2.45, 2.75) is 17.2 Å². The van der Waals surface area contributed by atoms with Gasteiger partial charge in [0.1, 0.15) is 23.1 Å². The second-order valence-corrected chi connectivity index (χ2v) is 8.05. The summed E-state index contributed by atoms with van der Waals surface area (Å²) < 4.78 is 75.7. The van der Waals surface area contributed by atoms with Gasteiger partial charge in [-0.3, -0.25) is 4.79 Å². The van der Waals surface area contributed by atoms with Gasteiger partial charge in [0.2, 0.25) is 12.0 Å². The van der Waals surface area contributed by atoms with E-state index in [1.54, 1.807) is 0 Å². The van der Waals surface area contributed by atoms with E-state index in [1.165, 1.54) is 6.19 Å². The summed E-state index contributed by atoms with van der Waals surface area (Å²) in [7, 11) is -3.44. The molecule has 0 saturated heterocycles. The second kappa shape index (κ2) is 6.35. The summed E-state index contributed by atoms with van der Waals surface area (Å²) >= 11 is 0. The van der Waals surface area contributed by atoms with Gasteiger partial charge in [-0.25, -0.2) is 13.0 Å². The fourth-order valence-corrected chi connectivity index (χ4v) is 3.94. The lowest BCUT2D eigenvalue weighted by Gasteiger charge is -2.13. The Morgan fingerprint density at radius 1 is 1.22 bits per heavy atom. The number of fused-ring (bicyclic) bond motifs is 1. The molecule has 1 atom stereocenters. The van der Waals surface area contributed by atoms with Crippen LogP contribution in [0.5, 0.6) is 11.5 Å². The number of nitrogens with zero attached hydrogens (tertiary/aromatic N) is 2. The van der Waals surface area contributed by atoms with Gasteiger partial charge in [0.05, 0.1) is 14.6 Å². The van der Waals surface area contributed by atoms with Crippen LogP contribution in [0.1, 0.15) is 15.9 Å². The molecule has 0 aliphatic heterocycles. The van der Waals surface area contributed by atoms with Crippen LogP contribution in [0.2, 0.25) is 0 Å². The highest BCUT2D eigenvalue weighted by Crippen LogP contribution is 2.43. The number of ether oxygens (including phenoxy) is 1. The maximum atomic E-state index is 14.0. The Balaban J connectivity index is 2.20. The number of hydrogen-bond acceptors (Lipinski definition) is 5. The number of alkyl halides is 2. The highest BCUT2D eigenvalue weighted by atomic mass is 32.2. The number of Topliss-reactive ketones (excluding diaryl/α,β-unsaturated/α-hetero) is 1. The molecule has 2 aromatic rings. The molecule has 5 nitrogen and oxygen atoms in total. The highest BCUT2D eigenvalue weighted by Gasteiger charge is 2.50. The molecule has 3 rings (SSSR count). The summed E-state index contributed by atoms with van der Waals surface area (Å²) in [6.45, 7) is 0. The molecule has 0 fully saturated rings. The zero-order valence-electron chi connectivity index (χ0n) is 13.6. The number of carbonyl (C=O) groups is 1. The molecule has 0 aromatic heterocycles. The van der Waals surface area contributed by atoms with Crippen LogP contribution in [0.4, 0.5) is 17.6 Å². The topological polar surface area (TPSA) is 79.5 Å². The van der Waals surface area contributed by atoms with E-state index in [0.29, 0.717) is 6.07 Å². The maximum absolute atomic E-state index is 14.0. The lowest BCUT2D eigenvalue weighted by Crippen LogP contribution is -2.24. The van der Waals surface area contributed by atoms with Gasteiger partial charge in [0.25, 0.3) is 0 Å². The normalized spacial score (nSPS) is 17.0. The summed E-state index contributed by atoms with van der Waals surface area (Å²) in [5, 5.41) is 8.66. The van der Waals surface area contributed by atoms with E-state index >= 15 is 0 Å². The van der Waals surface area contributed by atoms with Crippen molar-refractivity contribution < 1.29 is 31.3 Å². The molecule has 10 heteroatoms. The first kappa shape index (κ1) is 18.8. The van der Waals surface area contributed by atoms with Gasteiger partial charge in [-0.15, -0.1) is 4.36 Å². The standard InChI is InChI=1S/C17H10F4N2O3S/c1-27(25,23-8-22)14-3-2-13(12-7-17(20,21)16(24)15(12)14)26-11-5-9(18)4-10(19)6-11/h2-6H,7H2,1H3. The summed E-state index contributed by atoms with van der Waals surface area (Å²) in [6, 6.07) is 4.50. The predicted molar refractivity (Wildman–Crippen MR) is 86.2 cm³/mol. The van der Waals surface area contributed by atoms with Crippen molar-refractivity contribution in [3.05, 3.63) is 53.1 Å². The predicted octanol–water partition coefficient (Wildman–Crippen LogP) is 4.07. The van der Waals surface area contributed by atoms with E-state index in [4.69, 9.17) is 10.00 Å². The lowest BCUT2D eigenvalue weighted by molar-refractivity contribution is 0.0165. The molecule has 0 amide bonds. The quantitative estimate of drug-likeness (QED) is 0.577. The number of benzene rings is 2. The molecule has 1 aliphatic carbocycles. The van der Waals surface area contributed by atoms with Crippen molar-refractivity contribution in [1.82, 2.24) is 0 Å². The van der Waals surface area contributed by atoms with Crippen LogP contribution in [-0.4, -0.2) is 22.2 Å². The Hall–Kier alpha value is -2.93. The molecular weight excluding hydrogens is 388 g/mol. The molecule has 1 unspecified atom stereocenters. The largest absolute Gasteiger partial charge is 0.457 e. The molecular formula is C17H10F4N2O3S. The smallest absolute Gasteiger partial charge is 0.313 e. The van der Waals surface area contributed by atoms with Crippen molar-refractivity contribution in [1.29, 1.82) is 5.26 Å². The Morgan fingerprint density at radius 2 is 1.85 bits per heavy atom. The van der Waals surface area contributed by atoms with E-state index in [1.807, 2.05) is 0 Å². The molecule has 0 saturated carbocycles. The minimum Gasteiger partial charge on any atom is -0.457 e. The third-order valence-electron chi connectivity index (χ3n) is 3.88. The first-order chi connectivity index (χ1) is 12.5. The zero-order chi connectivity index (χ0) is 20.0. The van der Waals surface area contributed by atoms with E-state index in [0.717, 1.165) is 30.5 Å². The van der Waals surface area contributed by atoms with E-state index in [9.17, 15) is 26.6 Å². The van der Waals surface area contributed by atoms with Gasteiger partial charge in [-0.1, -0.05) is 0 Å². The van der Waals surface area contributed by atoms with Gasteiger partial charge in [-0.2, -0.15) is 14.0 Å². The fraction of sp³-hybridized carbons (Fsp3) is 0.176. The monoisotopic (exact) mass is 398 g/mol. The number of rotatable bonds is 3. The van der Waals surface area contributed by atoms with Crippen molar-refractivity contribution >= 4 is 15.5 Å². The van der Waals surface area contributed by atoms with Gasteiger partial charge in [0, 0.05) is 42.0 Å². The number of hydrogen-bond donors (Lipinski definition) is 0. The second-order valence-electron chi connectivity index (χ2n) is 5.83. The van der Waals surface area contributed by atoms with Gasteiger partial charge in [-0.05, 0) is 12.1 Å². The first-order valence-corrected chi connectivity index (χ1v) is 9.30. The summed E-state index contributed by atoms with van der Waals surface area (Å²) in [6.07, 6.45) is 1.34. The Bertz CT molecular complexity index is 1110. The van der Waals surface area contributed by atoms with Crippen molar-refractivity contribution in [2.24, 2.45) is 4.36 Å². The number of nitriles is 1. The van der Waals surface area contributed by atoms with Crippen molar-refractivity contribution in [2.75, 3.05) is 6.26 Å². The summed E-state index contributed by atoms with van der Waals surface area (Å²) in [5.41, 5.74) is -0.823. The van der Waals surface area contributed by atoms with Crippen LogP contribution in [0.25, 0.3) is 0 Å². The highest BCUT2D eigenvalue weighted by molar-refractivity contribution is 7.93. The third kappa shape index (κ3) is 3.38. The molecule has 140 valence electrons. The average Bonchev–Trinajstić information content (AvgIpc) is 2.77. The Labute approximate surface area is 151 Å². The van der Waals surface area contributed by atoms with Crippen LogP contribution < -0.4 is 4.74 Å². The Kier molecular flexibility index (Phi) is 4.43. The van der Waals surface area contributed by atoms with Crippen LogP contribution >= 0.6 is 0 Å². The molecule has 0 spiro atoms. The molecule has 2 aromatic carbocycles. The molecule has 0 heterocycles. The molecule has 0 radical (unpaired) electrons. The third-order valence-corrected chi connectivity index (χ3v) is 5.46. The van der Waals surface area contributed by atoms with Crippen LogP contribution in [0, 0.1) is 23.1 Å². The minimum atomic E-state index is -3.77. The van der Waals surface area contributed by atoms with Crippen LogP contribution in [0.15, 0.2) is 39.6 Å². The average molecular weight is 398 g/mol. The molecule has 0 N–H and O–H groups in total. The number of carbonyl (C=O) groups excluding carboxylic acids is 1. The Morgan fingerprint density at radius 3 is 2.44 bits per heavy atom. The molecule has 0 bridgehead atoms. The maximum Gasteiger partial charge on any atom is 0.313 e. The number of ketones is 1. The van der Waals surface area contributed by atoms with Crippen LogP contribution in [-0.2, 0) is 16.1 Å². The fourth-order valence-electron chi connectivity index (χ4n) is 2.77. The summed E-state index contributed by atoms with van der Waals surface area (Å²) in [5.74, 6) is -7.77. The first-order valence-electron chi connectivity index (χ1n) is 7.38. The van der Waals surface area contributed by atoms with Gasteiger partial charge >= 0.3 is 5.92 Å². The van der Waals surface area contributed by atoms with Gasteiger partial charge < -0.3 is 4.74 Å². The van der Waals surface area contributed by atoms with E-state index < -0.39 is 45.1 Å². The van der Waals surface area contributed by atoms with Gasteiger partial charge in [0.15, 0.2) is 0 Å². The van der Waals surface area contributed by atoms with Crippen molar-refractivity contribution in [3.8, 4) is 17.7 Å². The molecule has 1 aliphatic rings. The minimum absolute atomic E-state index is 0.239. The SMILES string of the molecule is CS(=O)(=NC#N)c1ccc(Oc2cc(F)cc(F)c2)c2c1C(=O)C(F)(F)C2. The van der Waals surface area contributed by atoms with E-state index in [-0.39, 0.29) is 22.0 Å².